The third-order valence-corrected chi connectivity index (χ3v) is 3.26. The Morgan fingerprint density at radius 1 is 1.14 bits per heavy atom. The van der Waals surface area contributed by atoms with Gasteiger partial charge >= 0.3 is 18.2 Å². The van der Waals surface area contributed by atoms with Crippen LogP contribution in [0.25, 0.3) is 0 Å². The number of pyridine rings is 1. The maximum Gasteiger partial charge on any atom is 0.415 e. The minimum Gasteiger partial charge on any atom is -0.459 e. The van der Waals surface area contributed by atoms with Crippen molar-refractivity contribution in [2.75, 3.05) is 25.5 Å². The average Bonchev–Trinajstić information content (AvgIpc) is 2.57. The molecular weight excluding hydrogens is 366 g/mol. The van der Waals surface area contributed by atoms with Crippen molar-refractivity contribution in [3.05, 3.63) is 23.9 Å². The summed E-state index contributed by atoms with van der Waals surface area (Å²) < 4.78 is 15.6. The SMILES string of the molecule is CC(C)OC(=O)N(C)c1ncccc1COC(=O)CN(C)C(=O)OC(C)(C)C. The molecule has 0 radical (unpaired) electrons. The fourth-order valence-electron chi connectivity index (χ4n) is 2.01. The number of hydrogen-bond acceptors (Lipinski definition) is 7. The van der Waals surface area contributed by atoms with Gasteiger partial charge < -0.3 is 19.1 Å². The topological polar surface area (TPSA) is 98.3 Å². The number of hydrogen-bond donors (Lipinski definition) is 0. The molecule has 0 fully saturated rings. The van der Waals surface area contributed by atoms with Crippen molar-refractivity contribution in [1.82, 2.24) is 9.88 Å². The van der Waals surface area contributed by atoms with Crippen LogP contribution in [-0.4, -0.2) is 60.4 Å². The van der Waals surface area contributed by atoms with Crippen molar-refractivity contribution in [3.63, 3.8) is 0 Å². The molecule has 0 aromatic carbocycles. The summed E-state index contributed by atoms with van der Waals surface area (Å²) in [5.74, 6) is -0.294. The molecule has 0 saturated carbocycles. The summed E-state index contributed by atoms with van der Waals surface area (Å²) >= 11 is 0. The zero-order chi connectivity index (χ0) is 21.5. The maximum atomic E-state index is 12.1. The number of aromatic nitrogens is 1. The lowest BCUT2D eigenvalue weighted by Crippen LogP contribution is -2.37. The summed E-state index contributed by atoms with van der Waals surface area (Å²) in [6.07, 6.45) is 0.0627. The number of likely N-dealkylation sites (N-methyl/N-ethyl adjacent to an activating group) is 1. The summed E-state index contributed by atoms with van der Waals surface area (Å²) in [7, 11) is 2.97. The smallest absolute Gasteiger partial charge is 0.415 e. The van der Waals surface area contributed by atoms with E-state index < -0.39 is 23.8 Å². The first kappa shape index (κ1) is 23.2. The second-order valence-electron chi connectivity index (χ2n) is 7.47. The van der Waals surface area contributed by atoms with Crippen LogP contribution in [0.4, 0.5) is 15.4 Å². The zero-order valence-electron chi connectivity index (χ0n) is 17.5. The summed E-state index contributed by atoms with van der Waals surface area (Å²) in [6.45, 7) is 8.33. The van der Waals surface area contributed by atoms with Gasteiger partial charge in [0.15, 0.2) is 0 Å². The predicted molar refractivity (Wildman–Crippen MR) is 103 cm³/mol. The third kappa shape index (κ3) is 7.81. The van der Waals surface area contributed by atoms with E-state index in [1.807, 2.05) is 0 Å². The minimum atomic E-state index is -0.658. The highest BCUT2D eigenvalue weighted by Crippen LogP contribution is 2.18. The number of rotatable bonds is 6. The van der Waals surface area contributed by atoms with E-state index >= 15 is 0 Å². The van der Waals surface area contributed by atoms with Gasteiger partial charge in [-0.2, -0.15) is 0 Å². The van der Waals surface area contributed by atoms with Crippen molar-refractivity contribution >= 4 is 24.0 Å². The number of nitrogens with zero attached hydrogens (tertiary/aromatic N) is 3. The Morgan fingerprint density at radius 3 is 2.36 bits per heavy atom. The normalized spacial score (nSPS) is 11.0. The summed E-state index contributed by atoms with van der Waals surface area (Å²) in [6, 6.07) is 3.35. The summed E-state index contributed by atoms with van der Waals surface area (Å²) in [5, 5.41) is 0. The highest BCUT2D eigenvalue weighted by Gasteiger charge is 2.22. The molecule has 1 aromatic rings. The van der Waals surface area contributed by atoms with E-state index in [-0.39, 0.29) is 19.3 Å². The lowest BCUT2D eigenvalue weighted by molar-refractivity contribution is -0.145. The van der Waals surface area contributed by atoms with E-state index in [0.717, 1.165) is 4.90 Å². The molecule has 0 unspecified atom stereocenters. The van der Waals surface area contributed by atoms with E-state index in [1.54, 1.807) is 46.8 Å². The average molecular weight is 395 g/mol. The van der Waals surface area contributed by atoms with Gasteiger partial charge in [-0.3, -0.25) is 9.69 Å². The number of anilines is 1. The number of carbonyl (C=O) groups is 3. The van der Waals surface area contributed by atoms with Gasteiger partial charge in [-0.25, -0.2) is 14.6 Å². The molecule has 0 aliphatic carbocycles. The van der Waals surface area contributed by atoms with E-state index in [9.17, 15) is 14.4 Å². The van der Waals surface area contributed by atoms with E-state index in [0.29, 0.717) is 11.4 Å². The molecule has 156 valence electrons. The second kappa shape index (κ2) is 9.91. The molecule has 0 saturated heterocycles. The van der Waals surface area contributed by atoms with Crippen LogP contribution in [0, 0.1) is 0 Å². The Morgan fingerprint density at radius 2 is 1.79 bits per heavy atom. The van der Waals surface area contributed by atoms with E-state index in [2.05, 4.69) is 4.98 Å². The number of amides is 2. The second-order valence-corrected chi connectivity index (χ2v) is 7.47. The van der Waals surface area contributed by atoms with Crippen LogP contribution in [0.5, 0.6) is 0 Å². The minimum absolute atomic E-state index is 0.108. The van der Waals surface area contributed by atoms with Gasteiger partial charge in [-0.1, -0.05) is 6.07 Å². The Labute approximate surface area is 165 Å². The largest absolute Gasteiger partial charge is 0.459 e. The van der Waals surface area contributed by atoms with Crippen molar-refractivity contribution in [1.29, 1.82) is 0 Å². The molecule has 0 bridgehead atoms. The van der Waals surface area contributed by atoms with Crippen LogP contribution in [-0.2, 0) is 25.6 Å². The Kier molecular flexibility index (Phi) is 8.21. The molecule has 28 heavy (non-hydrogen) atoms. The van der Waals surface area contributed by atoms with Crippen molar-refractivity contribution in [2.24, 2.45) is 0 Å². The highest BCUT2D eigenvalue weighted by atomic mass is 16.6. The Hall–Kier alpha value is -2.84. The van der Waals surface area contributed by atoms with Gasteiger partial charge in [-0.15, -0.1) is 0 Å². The monoisotopic (exact) mass is 395 g/mol. The fourth-order valence-corrected chi connectivity index (χ4v) is 2.01. The molecule has 1 aromatic heterocycles. The molecule has 0 spiro atoms. The van der Waals surface area contributed by atoms with Crippen molar-refractivity contribution in [2.45, 2.75) is 52.9 Å². The molecule has 1 rings (SSSR count). The quantitative estimate of drug-likeness (QED) is 0.539. The Balaban J connectivity index is 2.69. The highest BCUT2D eigenvalue weighted by molar-refractivity contribution is 5.86. The van der Waals surface area contributed by atoms with Gasteiger partial charge in [0.2, 0.25) is 0 Å². The van der Waals surface area contributed by atoms with Gasteiger partial charge in [0, 0.05) is 25.9 Å². The lowest BCUT2D eigenvalue weighted by Gasteiger charge is -2.24. The standard InChI is InChI=1S/C19H29N3O6/c1-13(2)27-18(25)22(7)16-14(9-8-10-20-16)12-26-15(23)11-21(6)17(24)28-19(3,4)5/h8-10,13H,11-12H2,1-7H3. The number of ether oxygens (including phenoxy) is 3. The molecule has 1 heterocycles. The number of esters is 1. The van der Waals surface area contributed by atoms with Crippen LogP contribution in [0.2, 0.25) is 0 Å². The molecule has 0 N–H and O–H groups in total. The summed E-state index contributed by atoms with van der Waals surface area (Å²) in [5.41, 5.74) is -0.131. The fraction of sp³-hybridized carbons (Fsp3) is 0.579. The van der Waals surface area contributed by atoms with Gasteiger partial charge in [0.1, 0.15) is 24.6 Å². The van der Waals surface area contributed by atoms with Crippen LogP contribution in [0.1, 0.15) is 40.2 Å². The molecule has 9 heteroatoms. The van der Waals surface area contributed by atoms with Crippen LogP contribution in [0.3, 0.4) is 0 Å². The van der Waals surface area contributed by atoms with Crippen LogP contribution < -0.4 is 4.90 Å². The maximum absolute atomic E-state index is 12.1. The Bertz CT molecular complexity index is 699. The molecule has 0 atom stereocenters. The van der Waals surface area contributed by atoms with Gasteiger partial charge in [0.25, 0.3) is 0 Å². The first-order valence-corrected chi connectivity index (χ1v) is 8.88. The third-order valence-electron chi connectivity index (χ3n) is 3.26. The van der Waals surface area contributed by atoms with Crippen LogP contribution >= 0.6 is 0 Å². The zero-order valence-corrected chi connectivity index (χ0v) is 17.5. The molecule has 2 amide bonds. The van der Waals surface area contributed by atoms with Crippen molar-refractivity contribution in [3.8, 4) is 0 Å². The van der Waals surface area contributed by atoms with Crippen LogP contribution in [0.15, 0.2) is 18.3 Å². The summed E-state index contributed by atoms with van der Waals surface area (Å²) in [4.78, 5) is 42.6. The molecular formula is C19H29N3O6. The molecule has 0 aliphatic rings. The predicted octanol–water partition coefficient (Wildman–Crippen LogP) is 2.97. The number of carbonyl (C=O) groups excluding carboxylic acids is 3. The van der Waals surface area contributed by atoms with Gasteiger partial charge in [0.05, 0.1) is 6.10 Å². The van der Waals surface area contributed by atoms with Gasteiger partial charge in [-0.05, 0) is 40.7 Å². The van der Waals surface area contributed by atoms with E-state index in [1.165, 1.54) is 25.2 Å². The molecule has 9 nitrogen and oxygen atoms in total. The lowest BCUT2D eigenvalue weighted by atomic mass is 10.2. The first-order valence-electron chi connectivity index (χ1n) is 8.88. The van der Waals surface area contributed by atoms with E-state index in [4.69, 9.17) is 14.2 Å². The first-order chi connectivity index (χ1) is 12.9. The van der Waals surface area contributed by atoms with Crippen molar-refractivity contribution < 1.29 is 28.6 Å². The molecule has 0 aliphatic heterocycles.